The Morgan fingerprint density at radius 2 is 2.23 bits per heavy atom. The monoisotopic (exact) mass is 181 g/mol. The zero-order valence-corrected chi connectivity index (χ0v) is 8.46. The van der Waals surface area contributed by atoms with E-state index < -0.39 is 0 Å². The molecule has 1 heterocycles. The lowest BCUT2D eigenvalue weighted by Crippen LogP contribution is -2.15. The molecule has 1 rings (SSSR count). The van der Waals surface area contributed by atoms with Gasteiger partial charge in [-0.25, -0.2) is 4.98 Å². The summed E-state index contributed by atoms with van der Waals surface area (Å²) >= 11 is 0. The van der Waals surface area contributed by atoms with E-state index in [2.05, 4.69) is 15.1 Å². The summed E-state index contributed by atoms with van der Waals surface area (Å²) in [4.78, 5) is 12.2. The molecular formula is C9H15N3O. The topological polar surface area (TPSA) is 50.3 Å². The fourth-order valence-corrected chi connectivity index (χ4v) is 0.734. The Hall–Kier alpha value is -1.32. The first kappa shape index (κ1) is 9.77. The molecule has 1 N–H and O–H groups in total. The van der Waals surface area contributed by atoms with E-state index in [9.17, 15) is 0 Å². The standard InChI is InChI=1S/C9H15N3O/c1-7-8(11-6-10-7)5-12-13-9(2,3)4/h5-6H,1-4H3,(H,10,11)/b12-5+. The van der Waals surface area contributed by atoms with Gasteiger partial charge in [-0.15, -0.1) is 0 Å². The van der Waals surface area contributed by atoms with Crippen LogP contribution in [0.1, 0.15) is 32.2 Å². The number of imidazole rings is 1. The van der Waals surface area contributed by atoms with Gasteiger partial charge in [0.1, 0.15) is 11.3 Å². The van der Waals surface area contributed by atoms with Crippen molar-refractivity contribution in [1.29, 1.82) is 0 Å². The maximum absolute atomic E-state index is 5.17. The van der Waals surface area contributed by atoms with Crippen LogP contribution in [0.5, 0.6) is 0 Å². The maximum atomic E-state index is 5.17. The Bertz CT molecular complexity index is 296. The van der Waals surface area contributed by atoms with Crippen molar-refractivity contribution in [3.8, 4) is 0 Å². The van der Waals surface area contributed by atoms with Gasteiger partial charge < -0.3 is 9.82 Å². The third-order valence-corrected chi connectivity index (χ3v) is 1.37. The molecule has 0 aliphatic heterocycles. The number of aromatic nitrogens is 2. The number of hydrogen-bond donors (Lipinski definition) is 1. The van der Waals surface area contributed by atoms with Crippen molar-refractivity contribution < 1.29 is 4.84 Å². The second kappa shape index (κ2) is 3.60. The van der Waals surface area contributed by atoms with Crippen LogP contribution in [0, 0.1) is 6.92 Å². The molecule has 0 bridgehead atoms. The zero-order valence-electron chi connectivity index (χ0n) is 8.46. The summed E-state index contributed by atoms with van der Waals surface area (Å²) in [5, 5.41) is 3.84. The average Bonchev–Trinajstić information content (AvgIpc) is 2.34. The van der Waals surface area contributed by atoms with Gasteiger partial charge in [-0.3, -0.25) is 0 Å². The first-order valence-corrected chi connectivity index (χ1v) is 4.20. The highest BCUT2D eigenvalue weighted by molar-refractivity contribution is 5.77. The summed E-state index contributed by atoms with van der Waals surface area (Å²) in [5.74, 6) is 0. The van der Waals surface area contributed by atoms with Crippen LogP contribution in [0.4, 0.5) is 0 Å². The Morgan fingerprint density at radius 3 is 2.69 bits per heavy atom. The third kappa shape index (κ3) is 3.27. The molecule has 0 atom stereocenters. The molecule has 0 spiro atoms. The number of nitrogens with one attached hydrogen (secondary N) is 1. The Morgan fingerprint density at radius 1 is 1.54 bits per heavy atom. The van der Waals surface area contributed by atoms with Crippen molar-refractivity contribution in [2.75, 3.05) is 0 Å². The van der Waals surface area contributed by atoms with E-state index >= 15 is 0 Å². The molecule has 13 heavy (non-hydrogen) atoms. The second-order valence-corrected chi connectivity index (χ2v) is 3.85. The largest absolute Gasteiger partial charge is 0.390 e. The molecule has 0 saturated heterocycles. The fourth-order valence-electron chi connectivity index (χ4n) is 0.734. The van der Waals surface area contributed by atoms with Crippen LogP contribution >= 0.6 is 0 Å². The van der Waals surface area contributed by atoms with Gasteiger partial charge in [-0.2, -0.15) is 0 Å². The number of hydrogen-bond acceptors (Lipinski definition) is 3. The molecule has 4 nitrogen and oxygen atoms in total. The molecule has 0 aliphatic carbocycles. The van der Waals surface area contributed by atoms with Crippen LogP contribution in [0.15, 0.2) is 11.5 Å². The van der Waals surface area contributed by atoms with Crippen molar-refractivity contribution in [3.63, 3.8) is 0 Å². The van der Waals surface area contributed by atoms with Gasteiger partial charge in [0.15, 0.2) is 0 Å². The van der Waals surface area contributed by atoms with E-state index in [1.165, 1.54) is 0 Å². The lowest BCUT2D eigenvalue weighted by atomic mass is 10.2. The van der Waals surface area contributed by atoms with Gasteiger partial charge in [-0.1, -0.05) is 5.16 Å². The van der Waals surface area contributed by atoms with E-state index in [1.54, 1.807) is 12.5 Å². The van der Waals surface area contributed by atoms with E-state index in [0.29, 0.717) is 0 Å². The van der Waals surface area contributed by atoms with E-state index in [1.807, 2.05) is 27.7 Å². The number of oxime groups is 1. The number of rotatable bonds is 2. The Kier molecular flexibility index (Phi) is 2.70. The molecule has 1 aromatic rings. The minimum atomic E-state index is -0.249. The number of aromatic amines is 1. The molecular weight excluding hydrogens is 166 g/mol. The first-order valence-electron chi connectivity index (χ1n) is 4.20. The highest BCUT2D eigenvalue weighted by Gasteiger charge is 2.09. The van der Waals surface area contributed by atoms with E-state index in [4.69, 9.17) is 4.84 Å². The van der Waals surface area contributed by atoms with Gasteiger partial charge in [-0.05, 0) is 27.7 Å². The van der Waals surface area contributed by atoms with Crippen LogP contribution in [0.3, 0.4) is 0 Å². The highest BCUT2D eigenvalue weighted by Crippen LogP contribution is 2.06. The minimum Gasteiger partial charge on any atom is -0.390 e. The maximum Gasteiger partial charge on any atom is 0.129 e. The Labute approximate surface area is 78.0 Å². The molecule has 1 aromatic heterocycles. The Balaban J connectivity index is 2.55. The first-order chi connectivity index (χ1) is 5.99. The smallest absolute Gasteiger partial charge is 0.129 e. The molecule has 0 aliphatic rings. The number of nitrogens with zero attached hydrogens (tertiary/aromatic N) is 2. The summed E-state index contributed by atoms with van der Waals surface area (Å²) in [5.41, 5.74) is 1.55. The van der Waals surface area contributed by atoms with E-state index in [-0.39, 0.29) is 5.60 Å². The molecule has 0 saturated carbocycles. The third-order valence-electron chi connectivity index (χ3n) is 1.37. The summed E-state index contributed by atoms with van der Waals surface area (Å²) in [6.07, 6.45) is 3.24. The predicted octanol–water partition coefficient (Wildman–Crippen LogP) is 1.87. The molecule has 0 unspecified atom stereocenters. The van der Waals surface area contributed by atoms with E-state index in [0.717, 1.165) is 11.4 Å². The lowest BCUT2D eigenvalue weighted by Gasteiger charge is -2.14. The quantitative estimate of drug-likeness (QED) is 0.559. The fraction of sp³-hybridized carbons (Fsp3) is 0.556. The van der Waals surface area contributed by atoms with Crippen LogP contribution in [0.25, 0.3) is 0 Å². The van der Waals surface area contributed by atoms with Crippen molar-refractivity contribution in [2.45, 2.75) is 33.3 Å². The summed E-state index contributed by atoms with van der Waals surface area (Å²) in [7, 11) is 0. The van der Waals surface area contributed by atoms with Crippen molar-refractivity contribution in [1.82, 2.24) is 9.97 Å². The van der Waals surface area contributed by atoms with Crippen LogP contribution in [0.2, 0.25) is 0 Å². The van der Waals surface area contributed by atoms with Crippen molar-refractivity contribution in [2.24, 2.45) is 5.16 Å². The van der Waals surface area contributed by atoms with Gasteiger partial charge in [0.05, 0.1) is 12.5 Å². The molecule has 0 fully saturated rings. The van der Waals surface area contributed by atoms with Crippen LogP contribution in [-0.4, -0.2) is 21.8 Å². The highest BCUT2D eigenvalue weighted by atomic mass is 16.6. The van der Waals surface area contributed by atoms with Gasteiger partial charge >= 0.3 is 0 Å². The molecule has 0 amide bonds. The summed E-state index contributed by atoms with van der Waals surface area (Å²) in [6.45, 7) is 7.77. The predicted molar refractivity (Wildman–Crippen MR) is 51.8 cm³/mol. The average molecular weight is 181 g/mol. The number of H-pyrrole nitrogens is 1. The SMILES string of the molecule is Cc1[nH]cnc1/C=N/OC(C)(C)C. The lowest BCUT2D eigenvalue weighted by molar-refractivity contribution is 0.00196. The van der Waals surface area contributed by atoms with Gasteiger partial charge in [0.2, 0.25) is 0 Å². The van der Waals surface area contributed by atoms with Gasteiger partial charge in [0.25, 0.3) is 0 Å². The zero-order chi connectivity index (χ0) is 9.90. The molecule has 0 aromatic carbocycles. The summed E-state index contributed by atoms with van der Waals surface area (Å²) < 4.78 is 0. The molecule has 72 valence electrons. The van der Waals surface area contributed by atoms with Crippen molar-refractivity contribution in [3.05, 3.63) is 17.7 Å². The van der Waals surface area contributed by atoms with Crippen LogP contribution in [-0.2, 0) is 4.84 Å². The van der Waals surface area contributed by atoms with Crippen molar-refractivity contribution >= 4 is 6.21 Å². The molecule has 0 radical (unpaired) electrons. The molecule has 4 heteroatoms. The van der Waals surface area contributed by atoms with Crippen LogP contribution < -0.4 is 0 Å². The summed E-state index contributed by atoms with van der Waals surface area (Å²) in [6, 6.07) is 0. The number of aryl methyl sites for hydroxylation is 1. The second-order valence-electron chi connectivity index (χ2n) is 3.85. The van der Waals surface area contributed by atoms with Gasteiger partial charge in [0, 0.05) is 5.69 Å². The normalized spacial score (nSPS) is 12.3. The minimum absolute atomic E-state index is 0.249.